The number of ether oxygens (including phenoxy) is 3. The SMILES string of the molecule is C/C=C/c1ccc(OCC(=O)NC(C(=O)OC)c2ccc(Br)cc2)c(OC)c1. The van der Waals surface area contributed by atoms with Crippen molar-refractivity contribution < 1.29 is 23.8 Å². The molecule has 2 aromatic carbocycles. The Labute approximate surface area is 172 Å². The Hall–Kier alpha value is -2.80. The number of hydrogen-bond acceptors (Lipinski definition) is 5. The first-order chi connectivity index (χ1) is 13.5. The predicted molar refractivity (Wildman–Crippen MR) is 110 cm³/mol. The number of nitrogens with one attached hydrogen (secondary N) is 1. The van der Waals surface area contributed by atoms with Gasteiger partial charge in [-0.1, -0.05) is 46.3 Å². The molecule has 1 N–H and O–H groups in total. The van der Waals surface area contributed by atoms with E-state index in [1.807, 2.05) is 31.2 Å². The van der Waals surface area contributed by atoms with Crippen LogP contribution in [0, 0.1) is 0 Å². The van der Waals surface area contributed by atoms with Gasteiger partial charge in [0.15, 0.2) is 24.1 Å². The maximum Gasteiger partial charge on any atom is 0.333 e. The average Bonchev–Trinajstić information content (AvgIpc) is 2.71. The quantitative estimate of drug-likeness (QED) is 0.621. The first-order valence-corrected chi connectivity index (χ1v) is 9.34. The Morgan fingerprint density at radius 2 is 1.82 bits per heavy atom. The van der Waals surface area contributed by atoms with Crippen LogP contribution in [0.5, 0.6) is 11.5 Å². The maximum atomic E-state index is 12.4. The minimum Gasteiger partial charge on any atom is -0.493 e. The normalized spacial score (nSPS) is 11.7. The standard InChI is InChI=1S/C21H22BrNO5/c1-4-5-14-6-11-17(18(12-14)26-2)28-13-19(24)23-20(21(25)27-3)15-7-9-16(22)10-8-15/h4-12,20H,13H2,1-3H3,(H,23,24)/b5-4+. The first kappa shape index (κ1) is 21.5. The lowest BCUT2D eigenvalue weighted by molar-refractivity contribution is -0.145. The van der Waals surface area contributed by atoms with E-state index in [4.69, 9.17) is 14.2 Å². The number of carbonyl (C=O) groups excluding carboxylic acids is 2. The number of amides is 1. The Balaban J connectivity index is 2.07. The summed E-state index contributed by atoms with van der Waals surface area (Å²) in [7, 11) is 2.80. The number of halogens is 1. The van der Waals surface area contributed by atoms with Gasteiger partial charge in [-0.2, -0.15) is 0 Å². The highest BCUT2D eigenvalue weighted by atomic mass is 79.9. The minimum absolute atomic E-state index is 0.274. The van der Waals surface area contributed by atoms with E-state index in [0.717, 1.165) is 10.0 Å². The highest BCUT2D eigenvalue weighted by Gasteiger charge is 2.24. The average molecular weight is 448 g/mol. The monoisotopic (exact) mass is 447 g/mol. The van der Waals surface area contributed by atoms with Crippen molar-refractivity contribution in [2.45, 2.75) is 13.0 Å². The fourth-order valence-corrected chi connectivity index (χ4v) is 2.76. The number of rotatable bonds is 8. The summed E-state index contributed by atoms with van der Waals surface area (Å²) in [6, 6.07) is 11.5. The van der Waals surface area contributed by atoms with Gasteiger partial charge < -0.3 is 19.5 Å². The topological polar surface area (TPSA) is 73.9 Å². The predicted octanol–water partition coefficient (Wildman–Crippen LogP) is 3.90. The number of allylic oxidation sites excluding steroid dienone is 1. The molecule has 0 saturated carbocycles. The third kappa shape index (κ3) is 5.85. The summed E-state index contributed by atoms with van der Waals surface area (Å²) in [5.74, 6) is -0.0770. The number of benzene rings is 2. The van der Waals surface area contributed by atoms with Crippen LogP contribution in [0.15, 0.2) is 53.0 Å². The van der Waals surface area contributed by atoms with Crippen LogP contribution in [0.3, 0.4) is 0 Å². The van der Waals surface area contributed by atoms with Crippen molar-refractivity contribution >= 4 is 33.9 Å². The lowest BCUT2D eigenvalue weighted by Gasteiger charge is -2.17. The second kappa shape index (κ2) is 10.5. The third-order valence-electron chi connectivity index (χ3n) is 3.85. The molecule has 0 aromatic heterocycles. The van der Waals surface area contributed by atoms with E-state index in [9.17, 15) is 9.59 Å². The Bertz CT molecular complexity index is 848. The van der Waals surface area contributed by atoms with E-state index in [1.54, 1.807) is 30.3 Å². The zero-order valence-electron chi connectivity index (χ0n) is 15.9. The zero-order valence-corrected chi connectivity index (χ0v) is 17.5. The highest BCUT2D eigenvalue weighted by molar-refractivity contribution is 9.10. The molecule has 0 radical (unpaired) electrons. The van der Waals surface area contributed by atoms with Crippen LogP contribution < -0.4 is 14.8 Å². The van der Waals surface area contributed by atoms with Gasteiger partial charge in [-0.05, 0) is 42.3 Å². The molecule has 0 aliphatic heterocycles. The van der Waals surface area contributed by atoms with E-state index in [-0.39, 0.29) is 6.61 Å². The van der Waals surface area contributed by atoms with Gasteiger partial charge in [-0.15, -0.1) is 0 Å². The fourth-order valence-electron chi connectivity index (χ4n) is 2.50. The highest BCUT2D eigenvalue weighted by Crippen LogP contribution is 2.28. The molecule has 0 fully saturated rings. The van der Waals surface area contributed by atoms with Gasteiger partial charge in [0.05, 0.1) is 14.2 Å². The van der Waals surface area contributed by atoms with Crippen molar-refractivity contribution in [2.75, 3.05) is 20.8 Å². The summed E-state index contributed by atoms with van der Waals surface area (Å²) in [5, 5.41) is 2.64. The number of hydrogen-bond donors (Lipinski definition) is 1. The Kier molecular flexibility index (Phi) is 8.07. The van der Waals surface area contributed by atoms with Crippen LogP contribution in [0.1, 0.15) is 24.1 Å². The van der Waals surface area contributed by atoms with Crippen LogP contribution in [0.2, 0.25) is 0 Å². The summed E-state index contributed by atoms with van der Waals surface area (Å²) < 4.78 is 16.5. The van der Waals surface area contributed by atoms with Crippen LogP contribution >= 0.6 is 15.9 Å². The van der Waals surface area contributed by atoms with Gasteiger partial charge in [-0.3, -0.25) is 4.79 Å². The molecule has 148 valence electrons. The van der Waals surface area contributed by atoms with E-state index >= 15 is 0 Å². The first-order valence-electron chi connectivity index (χ1n) is 8.54. The Morgan fingerprint density at radius 1 is 1.11 bits per heavy atom. The molecule has 1 unspecified atom stereocenters. The van der Waals surface area contributed by atoms with E-state index in [2.05, 4.69) is 21.2 Å². The summed E-state index contributed by atoms with van der Waals surface area (Å²) in [6.07, 6.45) is 3.84. The molecule has 0 spiro atoms. The second-order valence-electron chi connectivity index (χ2n) is 5.77. The smallest absolute Gasteiger partial charge is 0.333 e. The number of methoxy groups -OCH3 is 2. The summed E-state index contributed by atoms with van der Waals surface area (Å²) >= 11 is 3.34. The van der Waals surface area contributed by atoms with E-state index in [0.29, 0.717) is 17.1 Å². The van der Waals surface area contributed by atoms with Gasteiger partial charge >= 0.3 is 5.97 Å². The van der Waals surface area contributed by atoms with Crippen molar-refractivity contribution in [1.82, 2.24) is 5.32 Å². The summed E-state index contributed by atoms with van der Waals surface area (Å²) in [6.45, 7) is 1.65. The molecule has 1 amide bonds. The lowest BCUT2D eigenvalue weighted by Crippen LogP contribution is -2.37. The molecule has 2 rings (SSSR count). The number of esters is 1. The fraction of sp³-hybridized carbons (Fsp3) is 0.238. The van der Waals surface area contributed by atoms with Crippen LogP contribution in [-0.2, 0) is 14.3 Å². The van der Waals surface area contributed by atoms with Crippen LogP contribution in [-0.4, -0.2) is 32.7 Å². The molecule has 0 saturated heterocycles. The summed E-state index contributed by atoms with van der Waals surface area (Å²) in [5.41, 5.74) is 1.56. The van der Waals surface area contributed by atoms with Crippen molar-refractivity contribution in [3.8, 4) is 11.5 Å². The zero-order chi connectivity index (χ0) is 20.5. The molecule has 1 atom stereocenters. The van der Waals surface area contributed by atoms with Gasteiger partial charge in [-0.25, -0.2) is 4.79 Å². The molecule has 0 heterocycles. The molecule has 0 aliphatic carbocycles. The molecule has 2 aromatic rings. The third-order valence-corrected chi connectivity index (χ3v) is 4.38. The molecule has 6 nitrogen and oxygen atoms in total. The molecule has 28 heavy (non-hydrogen) atoms. The minimum atomic E-state index is -0.923. The Morgan fingerprint density at radius 3 is 2.43 bits per heavy atom. The van der Waals surface area contributed by atoms with Crippen LogP contribution in [0.25, 0.3) is 6.08 Å². The number of carbonyl (C=O) groups is 2. The van der Waals surface area contributed by atoms with Crippen molar-refractivity contribution in [1.29, 1.82) is 0 Å². The second-order valence-corrected chi connectivity index (χ2v) is 6.69. The molecular weight excluding hydrogens is 426 g/mol. The van der Waals surface area contributed by atoms with Crippen molar-refractivity contribution in [2.24, 2.45) is 0 Å². The molecular formula is C21H22BrNO5. The summed E-state index contributed by atoms with van der Waals surface area (Å²) in [4.78, 5) is 24.4. The lowest BCUT2D eigenvalue weighted by atomic mass is 10.1. The van der Waals surface area contributed by atoms with Crippen LogP contribution in [0.4, 0.5) is 0 Å². The van der Waals surface area contributed by atoms with Gasteiger partial charge in [0.1, 0.15) is 0 Å². The van der Waals surface area contributed by atoms with E-state index in [1.165, 1.54) is 14.2 Å². The van der Waals surface area contributed by atoms with Crippen molar-refractivity contribution in [3.63, 3.8) is 0 Å². The van der Waals surface area contributed by atoms with Gasteiger partial charge in [0.25, 0.3) is 5.91 Å². The molecule has 7 heteroatoms. The molecule has 0 bridgehead atoms. The largest absolute Gasteiger partial charge is 0.493 e. The van der Waals surface area contributed by atoms with Gasteiger partial charge in [0.2, 0.25) is 0 Å². The van der Waals surface area contributed by atoms with E-state index < -0.39 is 17.9 Å². The molecule has 0 aliphatic rings. The van der Waals surface area contributed by atoms with Gasteiger partial charge in [0, 0.05) is 4.47 Å². The maximum absolute atomic E-state index is 12.4. The van der Waals surface area contributed by atoms with Crippen molar-refractivity contribution in [3.05, 3.63) is 64.1 Å².